The van der Waals surface area contributed by atoms with E-state index in [9.17, 15) is 9.59 Å². The van der Waals surface area contributed by atoms with Crippen molar-refractivity contribution in [3.05, 3.63) is 36.4 Å². The number of hydrogen-bond donors (Lipinski definition) is 0. The second kappa shape index (κ2) is 7.50. The standard InChI is InChI=1S/C20H24N4O3/c1-23(13-16-12-17(22-27-16)14-7-9-21-10-8-14)20(26)18-4-2-3-11-24(18)19(25)15-5-6-15/h7-10,12,15,18H,2-6,11,13H2,1H3/t18-/m1/s1. The lowest BCUT2D eigenvalue weighted by Gasteiger charge is -2.36. The second-order valence-corrected chi connectivity index (χ2v) is 7.43. The molecular formula is C20H24N4O3. The molecule has 0 unspecified atom stereocenters. The highest BCUT2D eigenvalue weighted by atomic mass is 16.5. The van der Waals surface area contributed by atoms with Crippen molar-refractivity contribution in [3.63, 3.8) is 0 Å². The number of carbonyl (C=O) groups is 2. The van der Waals surface area contributed by atoms with Crippen molar-refractivity contribution in [2.24, 2.45) is 5.92 Å². The highest BCUT2D eigenvalue weighted by Crippen LogP contribution is 2.33. The lowest BCUT2D eigenvalue weighted by molar-refractivity contribution is -0.148. The van der Waals surface area contributed by atoms with E-state index in [1.165, 1.54) is 0 Å². The van der Waals surface area contributed by atoms with Crippen LogP contribution in [0.25, 0.3) is 11.3 Å². The summed E-state index contributed by atoms with van der Waals surface area (Å²) in [7, 11) is 1.76. The molecule has 0 bridgehead atoms. The van der Waals surface area contributed by atoms with E-state index in [1.54, 1.807) is 24.3 Å². The van der Waals surface area contributed by atoms with Gasteiger partial charge >= 0.3 is 0 Å². The molecule has 7 nitrogen and oxygen atoms in total. The van der Waals surface area contributed by atoms with E-state index < -0.39 is 0 Å². The van der Waals surface area contributed by atoms with Crippen molar-refractivity contribution < 1.29 is 14.1 Å². The van der Waals surface area contributed by atoms with Crippen LogP contribution in [0.1, 0.15) is 37.9 Å². The summed E-state index contributed by atoms with van der Waals surface area (Å²) in [5.41, 5.74) is 1.64. The van der Waals surface area contributed by atoms with Gasteiger partial charge in [-0.15, -0.1) is 0 Å². The highest BCUT2D eigenvalue weighted by molar-refractivity contribution is 5.89. The predicted molar refractivity (Wildman–Crippen MR) is 98.3 cm³/mol. The second-order valence-electron chi connectivity index (χ2n) is 7.43. The molecule has 2 aromatic rings. The van der Waals surface area contributed by atoms with E-state index in [0.717, 1.165) is 43.4 Å². The van der Waals surface area contributed by atoms with Crippen LogP contribution in [0.15, 0.2) is 35.1 Å². The number of amides is 2. The molecule has 27 heavy (non-hydrogen) atoms. The summed E-state index contributed by atoms with van der Waals surface area (Å²) in [6.07, 6.45) is 8.02. The number of hydrogen-bond acceptors (Lipinski definition) is 5. The molecule has 2 fully saturated rings. The molecule has 0 radical (unpaired) electrons. The number of likely N-dealkylation sites (N-methyl/N-ethyl adjacent to an activating group) is 1. The van der Waals surface area contributed by atoms with Gasteiger partial charge in [0.2, 0.25) is 11.8 Å². The molecule has 0 aromatic carbocycles. The van der Waals surface area contributed by atoms with Gasteiger partial charge in [0.25, 0.3) is 0 Å². The van der Waals surface area contributed by atoms with Crippen LogP contribution in [-0.4, -0.2) is 51.4 Å². The van der Waals surface area contributed by atoms with Crippen molar-refractivity contribution >= 4 is 11.8 Å². The molecular weight excluding hydrogens is 344 g/mol. The Labute approximate surface area is 158 Å². The van der Waals surface area contributed by atoms with Crippen LogP contribution < -0.4 is 0 Å². The summed E-state index contributed by atoms with van der Waals surface area (Å²) < 4.78 is 5.40. The van der Waals surface area contributed by atoms with Gasteiger partial charge in [-0.05, 0) is 44.2 Å². The fraction of sp³-hybridized carbons (Fsp3) is 0.500. The van der Waals surface area contributed by atoms with E-state index in [2.05, 4.69) is 10.1 Å². The molecule has 142 valence electrons. The number of aromatic nitrogens is 2. The van der Waals surface area contributed by atoms with Crippen molar-refractivity contribution in [2.45, 2.75) is 44.7 Å². The van der Waals surface area contributed by atoms with Crippen LogP contribution in [-0.2, 0) is 16.1 Å². The lowest BCUT2D eigenvalue weighted by atomic mass is 10.00. The van der Waals surface area contributed by atoms with Gasteiger partial charge in [-0.1, -0.05) is 5.16 Å². The first-order chi connectivity index (χ1) is 13.1. The van der Waals surface area contributed by atoms with Gasteiger partial charge in [0.05, 0.1) is 6.54 Å². The summed E-state index contributed by atoms with van der Waals surface area (Å²) in [4.78, 5) is 33.0. The number of piperidine rings is 1. The zero-order valence-corrected chi connectivity index (χ0v) is 15.5. The van der Waals surface area contributed by atoms with Crippen LogP contribution >= 0.6 is 0 Å². The zero-order valence-electron chi connectivity index (χ0n) is 15.5. The normalized spacial score (nSPS) is 19.7. The SMILES string of the molecule is CN(Cc1cc(-c2ccncc2)no1)C(=O)[C@H]1CCCCN1C(=O)C1CC1. The average molecular weight is 368 g/mol. The van der Waals surface area contributed by atoms with E-state index in [-0.39, 0.29) is 23.8 Å². The third-order valence-electron chi connectivity index (χ3n) is 5.30. The topological polar surface area (TPSA) is 79.5 Å². The fourth-order valence-corrected chi connectivity index (χ4v) is 3.63. The minimum atomic E-state index is -0.348. The van der Waals surface area contributed by atoms with Gasteiger partial charge in [-0.2, -0.15) is 0 Å². The van der Waals surface area contributed by atoms with Gasteiger partial charge in [-0.25, -0.2) is 0 Å². The number of likely N-dealkylation sites (tertiary alicyclic amines) is 1. The molecule has 3 heterocycles. The van der Waals surface area contributed by atoms with E-state index >= 15 is 0 Å². The Bertz CT molecular complexity index is 816. The molecule has 1 atom stereocenters. The van der Waals surface area contributed by atoms with Crippen LogP contribution in [0.4, 0.5) is 0 Å². The first kappa shape index (κ1) is 17.7. The Morgan fingerprint density at radius 2 is 2.00 bits per heavy atom. The summed E-state index contributed by atoms with van der Waals surface area (Å²) in [5, 5.41) is 4.08. The van der Waals surface area contributed by atoms with Crippen LogP contribution in [0, 0.1) is 5.92 Å². The van der Waals surface area contributed by atoms with Crippen LogP contribution in [0.3, 0.4) is 0 Å². The Kier molecular flexibility index (Phi) is 4.92. The molecule has 2 aromatic heterocycles. The monoisotopic (exact) mass is 368 g/mol. The fourth-order valence-electron chi connectivity index (χ4n) is 3.63. The number of nitrogens with zero attached hydrogens (tertiary/aromatic N) is 4. The highest BCUT2D eigenvalue weighted by Gasteiger charge is 2.40. The van der Waals surface area contributed by atoms with Gasteiger partial charge in [0.15, 0.2) is 5.76 Å². The predicted octanol–water partition coefficient (Wildman–Crippen LogP) is 2.49. The Morgan fingerprint density at radius 3 is 2.74 bits per heavy atom. The molecule has 1 aliphatic carbocycles. The molecule has 1 saturated heterocycles. The van der Waals surface area contributed by atoms with Crippen molar-refractivity contribution in [1.82, 2.24) is 19.9 Å². The van der Waals surface area contributed by atoms with E-state index in [1.807, 2.05) is 23.1 Å². The maximum atomic E-state index is 13.0. The average Bonchev–Trinajstić information content (AvgIpc) is 3.46. The lowest BCUT2D eigenvalue weighted by Crippen LogP contribution is -2.52. The van der Waals surface area contributed by atoms with Gasteiger partial charge < -0.3 is 14.3 Å². The Balaban J connectivity index is 1.42. The first-order valence-electron chi connectivity index (χ1n) is 9.55. The molecule has 7 heteroatoms. The summed E-state index contributed by atoms with van der Waals surface area (Å²) in [6, 6.07) is 5.21. The third kappa shape index (κ3) is 3.86. The summed E-state index contributed by atoms with van der Waals surface area (Å²) in [5.74, 6) is 0.890. The zero-order chi connectivity index (χ0) is 18.8. The third-order valence-corrected chi connectivity index (χ3v) is 5.30. The Hall–Kier alpha value is -2.70. The van der Waals surface area contributed by atoms with Crippen molar-refractivity contribution in [2.75, 3.05) is 13.6 Å². The quantitative estimate of drug-likeness (QED) is 0.810. The van der Waals surface area contributed by atoms with Gasteiger partial charge in [0.1, 0.15) is 11.7 Å². The molecule has 2 amide bonds. The Morgan fingerprint density at radius 1 is 1.22 bits per heavy atom. The van der Waals surface area contributed by atoms with E-state index in [4.69, 9.17) is 4.52 Å². The molecule has 0 N–H and O–H groups in total. The van der Waals surface area contributed by atoms with Gasteiger partial charge in [0, 0.05) is 43.5 Å². The van der Waals surface area contributed by atoms with Crippen LogP contribution in [0.2, 0.25) is 0 Å². The number of carbonyl (C=O) groups excluding carboxylic acids is 2. The number of rotatable bonds is 5. The largest absolute Gasteiger partial charge is 0.359 e. The van der Waals surface area contributed by atoms with Crippen LogP contribution in [0.5, 0.6) is 0 Å². The smallest absolute Gasteiger partial charge is 0.245 e. The van der Waals surface area contributed by atoms with Crippen molar-refractivity contribution in [1.29, 1.82) is 0 Å². The minimum Gasteiger partial charge on any atom is -0.359 e. The molecule has 0 spiro atoms. The maximum Gasteiger partial charge on any atom is 0.245 e. The molecule has 1 aliphatic heterocycles. The maximum absolute atomic E-state index is 13.0. The molecule has 2 aliphatic rings. The van der Waals surface area contributed by atoms with E-state index in [0.29, 0.717) is 18.8 Å². The number of pyridine rings is 1. The molecule has 1 saturated carbocycles. The molecule has 4 rings (SSSR count). The van der Waals surface area contributed by atoms with Crippen molar-refractivity contribution in [3.8, 4) is 11.3 Å². The first-order valence-corrected chi connectivity index (χ1v) is 9.55. The summed E-state index contributed by atoms with van der Waals surface area (Å²) >= 11 is 0. The minimum absolute atomic E-state index is 0.0226. The summed E-state index contributed by atoms with van der Waals surface area (Å²) in [6.45, 7) is 1.02. The van der Waals surface area contributed by atoms with Gasteiger partial charge in [-0.3, -0.25) is 14.6 Å².